The van der Waals surface area contributed by atoms with Gasteiger partial charge in [0, 0.05) is 56.2 Å². The van der Waals surface area contributed by atoms with Crippen LogP contribution in [-0.2, 0) is 20.2 Å². The summed E-state index contributed by atoms with van der Waals surface area (Å²) in [4.78, 5) is 26.3. The van der Waals surface area contributed by atoms with Gasteiger partial charge in [-0.25, -0.2) is 9.97 Å². The minimum Gasteiger partial charge on any atom is -0.495 e. The molecule has 3 aromatic heterocycles. The van der Waals surface area contributed by atoms with Gasteiger partial charge in [-0.2, -0.15) is 31.8 Å². The number of aliphatic hydroxyl groups excluding tert-OH is 1. The molecule has 7 aromatic rings. The highest BCUT2D eigenvalue weighted by Gasteiger charge is 2.23. The number of thioether (sulfide) groups is 1. The third-order valence-electron chi connectivity index (χ3n) is 10.6. The largest absolute Gasteiger partial charge is 0.495 e. The summed E-state index contributed by atoms with van der Waals surface area (Å²) in [6.45, 7) is 10.4. The molecule has 5 N–H and O–H groups in total. The molecule has 0 aliphatic carbocycles. The van der Waals surface area contributed by atoms with E-state index in [1.165, 1.54) is 64.5 Å². The zero-order valence-electron chi connectivity index (χ0n) is 39.9. The van der Waals surface area contributed by atoms with Crippen molar-refractivity contribution >= 4 is 131 Å². The predicted molar refractivity (Wildman–Crippen MR) is 278 cm³/mol. The van der Waals surface area contributed by atoms with E-state index in [1.54, 1.807) is 12.1 Å². The first-order valence-electron chi connectivity index (χ1n) is 21.7. The van der Waals surface area contributed by atoms with Gasteiger partial charge in [-0.05, 0) is 52.0 Å². The summed E-state index contributed by atoms with van der Waals surface area (Å²) in [6.07, 6.45) is 0. The molecule has 0 amide bonds. The molecule has 0 fully saturated rings. The van der Waals surface area contributed by atoms with E-state index in [9.17, 15) is 31.0 Å². The van der Waals surface area contributed by atoms with Gasteiger partial charge in [0.05, 0.1) is 78.2 Å². The SMILES string of the molecule is CCN(CC)c1cc(Nc2nc(Nc3cc(N(CC)CC)c(OC)cc3/N=N/c3nc4cc(S(=O)(=O)O)c(OC)cc4s3)nc(SCCO)n2)c(/N=N/c2nc3cc(S(=O)(=O)O)c(OC)cc3s2)cc1OC. The number of aliphatic hydroxyl groups is 1. The molecule has 29 heteroatoms. The Morgan fingerprint density at radius 1 is 0.569 bits per heavy atom. The predicted octanol–water partition coefficient (Wildman–Crippen LogP) is 9.71. The second-order valence-electron chi connectivity index (χ2n) is 14.8. The highest BCUT2D eigenvalue weighted by Crippen LogP contribution is 2.44. The number of nitrogens with one attached hydrogen (secondary N) is 2. The van der Waals surface area contributed by atoms with Crippen molar-refractivity contribution in [3.63, 3.8) is 0 Å². The zero-order chi connectivity index (χ0) is 51.9. The lowest BCUT2D eigenvalue weighted by Crippen LogP contribution is -2.22. The maximum absolute atomic E-state index is 12.1. The average Bonchev–Trinajstić information content (AvgIpc) is 3.97. The van der Waals surface area contributed by atoms with Crippen LogP contribution in [0.25, 0.3) is 20.4 Å². The number of fused-ring (bicyclic) bond motifs is 2. The molecule has 0 saturated carbocycles. The van der Waals surface area contributed by atoms with E-state index < -0.39 is 30.0 Å². The zero-order valence-corrected chi connectivity index (χ0v) is 44.0. The minimum atomic E-state index is -4.63. The molecule has 0 aliphatic rings. The van der Waals surface area contributed by atoms with Gasteiger partial charge in [0.25, 0.3) is 20.2 Å². The Balaban J connectivity index is 1.32. The molecule has 0 aliphatic heterocycles. The molecule has 7 rings (SSSR count). The number of thiazole rings is 2. The third-order valence-corrected chi connectivity index (χ3v) is 15.0. The van der Waals surface area contributed by atoms with E-state index in [-0.39, 0.29) is 73.6 Å². The van der Waals surface area contributed by atoms with E-state index in [0.717, 1.165) is 34.0 Å². The Morgan fingerprint density at radius 3 is 1.32 bits per heavy atom. The molecule has 0 unspecified atom stereocenters. The van der Waals surface area contributed by atoms with Gasteiger partial charge < -0.3 is 44.5 Å². The molecule has 0 radical (unpaired) electrons. The first-order chi connectivity index (χ1) is 34.5. The van der Waals surface area contributed by atoms with Crippen molar-refractivity contribution in [3.8, 4) is 23.0 Å². The van der Waals surface area contributed by atoms with Gasteiger partial charge in [0.1, 0.15) is 44.2 Å². The second kappa shape index (κ2) is 22.9. The van der Waals surface area contributed by atoms with Crippen molar-refractivity contribution in [2.75, 3.05) is 87.4 Å². The molecule has 0 saturated heterocycles. The fourth-order valence-corrected chi connectivity index (χ4v) is 10.7. The van der Waals surface area contributed by atoms with Crippen LogP contribution in [0.3, 0.4) is 0 Å². The summed E-state index contributed by atoms with van der Waals surface area (Å²) in [6, 6.07) is 12.3. The van der Waals surface area contributed by atoms with Crippen LogP contribution in [0.1, 0.15) is 27.7 Å². The van der Waals surface area contributed by atoms with Gasteiger partial charge in [-0.1, -0.05) is 34.4 Å². The van der Waals surface area contributed by atoms with Gasteiger partial charge in [0.2, 0.25) is 22.2 Å². The number of rotatable bonds is 23. The molecule has 382 valence electrons. The second-order valence-corrected chi connectivity index (χ2v) is 20.7. The summed E-state index contributed by atoms with van der Waals surface area (Å²) >= 11 is 3.41. The van der Waals surface area contributed by atoms with Gasteiger partial charge in [0.15, 0.2) is 5.16 Å². The Labute approximate surface area is 426 Å². The van der Waals surface area contributed by atoms with Gasteiger partial charge in [-0.3, -0.25) is 9.11 Å². The quantitative estimate of drug-likeness (QED) is 0.0226. The van der Waals surface area contributed by atoms with Crippen molar-refractivity contribution in [3.05, 3.63) is 48.5 Å². The van der Waals surface area contributed by atoms with Crippen molar-refractivity contribution in [1.29, 1.82) is 0 Å². The number of ether oxygens (including phenoxy) is 4. The average molecular weight is 1080 g/mol. The first kappa shape index (κ1) is 53.2. The van der Waals surface area contributed by atoms with Crippen molar-refractivity contribution in [2.45, 2.75) is 42.6 Å². The first-order valence-corrected chi connectivity index (χ1v) is 27.2. The standard InChI is InChI=1S/C43H49N13O11S5/c1-9-55(10-2)29-15-23(25(17-31(29)64-5)51-53-42-46-27-19-37(71(58,59)60)33(66-7)21-35(27)69-42)44-39-48-40(50-41(49-39)68-14-13-57)45-24-16-30(56(11-3)12-4)32(65-6)18-26(24)52-54-43-47-28-20-38(72(61,62)63)34(67-8)22-36(28)70-43/h15-22,57H,9-14H2,1-8H3,(H,58,59,60)(H,61,62,63)(H2,44,45,48,49,50)/b53-51+,54-52+. The van der Waals surface area contributed by atoms with Gasteiger partial charge >= 0.3 is 0 Å². The molecule has 0 atom stereocenters. The lowest BCUT2D eigenvalue weighted by atomic mass is 10.2. The van der Waals surface area contributed by atoms with Gasteiger partial charge in [-0.15, -0.1) is 20.5 Å². The Kier molecular flexibility index (Phi) is 16.9. The Morgan fingerprint density at radius 2 is 0.972 bits per heavy atom. The van der Waals surface area contributed by atoms with Crippen LogP contribution in [-0.4, -0.2) is 123 Å². The van der Waals surface area contributed by atoms with E-state index in [4.69, 9.17) is 23.9 Å². The number of benzene rings is 4. The van der Waals surface area contributed by atoms with E-state index in [1.807, 2.05) is 39.8 Å². The number of anilines is 6. The summed E-state index contributed by atoms with van der Waals surface area (Å²) in [7, 11) is -3.60. The van der Waals surface area contributed by atoms with Crippen LogP contribution in [0, 0.1) is 0 Å². The maximum atomic E-state index is 12.1. The number of hydrogen-bond acceptors (Lipinski definition) is 25. The van der Waals surface area contributed by atoms with E-state index >= 15 is 0 Å². The number of methoxy groups -OCH3 is 4. The van der Waals surface area contributed by atoms with E-state index in [2.05, 4.69) is 60.8 Å². The third kappa shape index (κ3) is 12.0. The maximum Gasteiger partial charge on any atom is 0.298 e. The van der Waals surface area contributed by atoms with Crippen LogP contribution < -0.4 is 39.4 Å². The smallest absolute Gasteiger partial charge is 0.298 e. The fourth-order valence-electron chi connectivity index (χ4n) is 7.19. The molecular weight excluding hydrogens is 1030 g/mol. The fraction of sp³-hybridized carbons (Fsp3) is 0.326. The lowest BCUT2D eigenvalue weighted by molar-refractivity contribution is 0.322. The normalized spacial score (nSPS) is 12.0. The molecule has 0 spiro atoms. The summed E-state index contributed by atoms with van der Waals surface area (Å²) < 4.78 is 91.1. The van der Waals surface area contributed by atoms with Crippen molar-refractivity contribution in [1.82, 2.24) is 24.9 Å². The summed E-state index contributed by atoms with van der Waals surface area (Å²) in [5, 5.41) is 34.9. The van der Waals surface area contributed by atoms with E-state index in [0.29, 0.717) is 58.5 Å². The Bertz CT molecular complexity index is 3190. The molecule has 0 bridgehead atoms. The molecule has 4 aromatic carbocycles. The van der Waals surface area contributed by atoms with Crippen molar-refractivity contribution < 1.29 is 50.0 Å². The number of azo groups is 2. The molecular formula is C43H49N13O11S5. The summed E-state index contributed by atoms with van der Waals surface area (Å²) in [5.74, 6) is 1.24. The lowest BCUT2D eigenvalue weighted by Gasteiger charge is -2.25. The molecule has 3 heterocycles. The van der Waals surface area contributed by atoms with Crippen LogP contribution in [0.5, 0.6) is 23.0 Å². The van der Waals surface area contributed by atoms with Crippen molar-refractivity contribution in [2.24, 2.45) is 20.5 Å². The highest BCUT2D eigenvalue weighted by molar-refractivity contribution is 7.99. The monoisotopic (exact) mass is 1080 g/mol. The number of hydrogen-bond donors (Lipinski definition) is 5. The molecule has 72 heavy (non-hydrogen) atoms. The highest BCUT2D eigenvalue weighted by atomic mass is 32.2. The minimum absolute atomic E-state index is 0.0627. The molecule has 24 nitrogen and oxygen atoms in total. The number of nitrogens with zero attached hydrogens (tertiary/aromatic N) is 11. The summed E-state index contributed by atoms with van der Waals surface area (Å²) in [5.41, 5.74) is 3.28. The number of aromatic nitrogens is 5. The van der Waals surface area contributed by atoms with Crippen LogP contribution in [0.4, 0.5) is 56.3 Å². The topological polar surface area (TPSA) is 310 Å². The van der Waals surface area contributed by atoms with Crippen LogP contribution in [0.2, 0.25) is 0 Å². The van der Waals surface area contributed by atoms with Crippen LogP contribution >= 0.6 is 34.4 Å². The Hall–Kier alpha value is -6.60. The van der Waals surface area contributed by atoms with Crippen LogP contribution in [0.15, 0.2) is 83.9 Å².